The van der Waals surface area contributed by atoms with Crippen LogP contribution in [-0.4, -0.2) is 21.0 Å². The van der Waals surface area contributed by atoms with Crippen molar-refractivity contribution < 1.29 is 19.8 Å². The number of amides is 1. The second-order valence-corrected chi connectivity index (χ2v) is 4.66. The Labute approximate surface area is 129 Å². The second kappa shape index (κ2) is 6.20. The lowest BCUT2D eigenvalue weighted by atomic mass is 10.1. The minimum absolute atomic E-state index is 0.173. The number of hydroxylamine groups is 1. The van der Waals surface area contributed by atoms with E-state index in [2.05, 4.69) is 0 Å². The smallest absolute Gasteiger partial charge is 0.281 e. The van der Waals surface area contributed by atoms with Crippen LogP contribution in [0.4, 0.5) is 17.1 Å². The summed E-state index contributed by atoms with van der Waals surface area (Å²) in [4.78, 5) is 32.3. The van der Waals surface area contributed by atoms with Crippen molar-refractivity contribution in [2.45, 2.75) is 6.92 Å². The van der Waals surface area contributed by atoms with E-state index in [0.717, 1.165) is 18.2 Å². The third-order valence-corrected chi connectivity index (χ3v) is 3.11. The number of nitro groups is 2. The molecule has 0 bridgehead atoms. The fourth-order valence-electron chi connectivity index (χ4n) is 1.96. The molecule has 2 rings (SSSR count). The molecule has 0 radical (unpaired) electrons. The fraction of sp³-hybridized carbons (Fsp3) is 0.0714. The number of benzene rings is 2. The van der Waals surface area contributed by atoms with Crippen molar-refractivity contribution in [3.8, 4) is 0 Å². The molecule has 118 valence electrons. The minimum Gasteiger partial charge on any atom is -0.281 e. The van der Waals surface area contributed by atoms with Crippen LogP contribution in [0.3, 0.4) is 0 Å². The maximum Gasteiger partial charge on any atom is 0.282 e. The molecule has 0 heterocycles. The minimum atomic E-state index is -1.01. The molecule has 0 spiro atoms. The van der Waals surface area contributed by atoms with Crippen molar-refractivity contribution in [2.75, 3.05) is 5.06 Å². The molecular weight excluding hydrogens is 306 g/mol. The zero-order chi connectivity index (χ0) is 17.1. The number of carbonyl (C=O) groups excluding carboxylic acids is 1. The monoisotopic (exact) mass is 317 g/mol. The molecule has 0 atom stereocenters. The summed E-state index contributed by atoms with van der Waals surface area (Å²) >= 11 is 0. The van der Waals surface area contributed by atoms with Crippen LogP contribution in [0, 0.1) is 27.2 Å². The average molecular weight is 317 g/mol. The Morgan fingerprint density at radius 3 is 2.04 bits per heavy atom. The SMILES string of the molecule is Cc1ccccc1N(O)C(=O)c1cc([N+](=O)[O-])cc([N+](=O)[O-])c1. The van der Waals surface area contributed by atoms with Crippen molar-refractivity contribution in [3.63, 3.8) is 0 Å². The lowest BCUT2D eigenvalue weighted by molar-refractivity contribution is -0.394. The number of nitro benzene ring substituents is 2. The van der Waals surface area contributed by atoms with Crippen LogP contribution in [0.2, 0.25) is 0 Å². The molecule has 0 saturated carbocycles. The van der Waals surface area contributed by atoms with E-state index in [-0.39, 0.29) is 11.3 Å². The number of carbonyl (C=O) groups is 1. The summed E-state index contributed by atoms with van der Waals surface area (Å²) in [5, 5.41) is 32.0. The molecule has 0 saturated heterocycles. The van der Waals surface area contributed by atoms with Crippen LogP contribution in [0.5, 0.6) is 0 Å². The zero-order valence-electron chi connectivity index (χ0n) is 11.9. The summed E-state index contributed by atoms with van der Waals surface area (Å²) in [6.45, 7) is 1.65. The Morgan fingerprint density at radius 2 is 1.57 bits per heavy atom. The molecule has 0 fully saturated rings. The molecule has 0 aliphatic carbocycles. The Bertz CT molecular complexity index is 773. The van der Waals surface area contributed by atoms with Gasteiger partial charge in [0.1, 0.15) is 0 Å². The Hall–Kier alpha value is -3.33. The summed E-state index contributed by atoms with van der Waals surface area (Å²) in [5.41, 5.74) is -0.826. The molecule has 1 amide bonds. The van der Waals surface area contributed by atoms with Crippen LogP contribution in [0.1, 0.15) is 15.9 Å². The van der Waals surface area contributed by atoms with Crippen LogP contribution in [-0.2, 0) is 0 Å². The number of anilines is 1. The topological polar surface area (TPSA) is 127 Å². The highest BCUT2D eigenvalue weighted by Crippen LogP contribution is 2.25. The van der Waals surface area contributed by atoms with E-state index in [9.17, 15) is 30.2 Å². The van der Waals surface area contributed by atoms with Gasteiger partial charge in [-0.1, -0.05) is 18.2 Å². The lowest BCUT2D eigenvalue weighted by Gasteiger charge is -2.17. The van der Waals surface area contributed by atoms with E-state index in [1.54, 1.807) is 25.1 Å². The first-order chi connectivity index (χ1) is 10.8. The van der Waals surface area contributed by atoms with E-state index >= 15 is 0 Å². The zero-order valence-corrected chi connectivity index (χ0v) is 11.9. The second-order valence-electron chi connectivity index (χ2n) is 4.66. The average Bonchev–Trinajstić information content (AvgIpc) is 2.53. The van der Waals surface area contributed by atoms with Gasteiger partial charge >= 0.3 is 0 Å². The molecule has 9 nitrogen and oxygen atoms in total. The van der Waals surface area contributed by atoms with Gasteiger partial charge in [-0.25, -0.2) is 0 Å². The van der Waals surface area contributed by atoms with E-state index in [4.69, 9.17) is 0 Å². The number of rotatable bonds is 4. The van der Waals surface area contributed by atoms with Crippen LogP contribution in [0.15, 0.2) is 42.5 Å². The van der Waals surface area contributed by atoms with Crippen LogP contribution < -0.4 is 5.06 Å². The quantitative estimate of drug-likeness (QED) is 0.524. The molecule has 9 heteroatoms. The largest absolute Gasteiger partial charge is 0.282 e. The molecule has 0 aliphatic heterocycles. The maximum absolute atomic E-state index is 12.3. The fourth-order valence-corrected chi connectivity index (χ4v) is 1.96. The number of nitrogens with zero attached hydrogens (tertiary/aromatic N) is 3. The van der Waals surface area contributed by atoms with Gasteiger partial charge in [0.05, 0.1) is 27.2 Å². The lowest BCUT2D eigenvalue weighted by Crippen LogP contribution is -2.27. The standard InChI is InChI=1S/C14H11N3O6/c1-9-4-2-3-5-13(9)15(19)14(18)10-6-11(16(20)21)8-12(7-10)17(22)23/h2-8,19H,1H3. The first-order valence-electron chi connectivity index (χ1n) is 6.34. The highest BCUT2D eigenvalue weighted by atomic mass is 16.6. The van der Waals surface area contributed by atoms with Gasteiger partial charge < -0.3 is 0 Å². The van der Waals surface area contributed by atoms with E-state index in [0.29, 0.717) is 10.6 Å². The first-order valence-corrected chi connectivity index (χ1v) is 6.34. The van der Waals surface area contributed by atoms with Gasteiger partial charge in [-0.15, -0.1) is 0 Å². The maximum atomic E-state index is 12.3. The molecule has 2 aromatic rings. The van der Waals surface area contributed by atoms with Gasteiger partial charge in [0.15, 0.2) is 0 Å². The Kier molecular flexibility index (Phi) is 4.32. The van der Waals surface area contributed by atoms with Gasteiger partial charge in [0.25, 0.3) is 17.3 Å². The van der Waals surface area contributed by atoms with E-state index in [1.165, 1.54) is 6.07 Å². The first kappa shape index (κ1) is 16.0. The summed E-state index contributed by atoms with van der Waals surface area (Å²) in [6.07, 6.45) is 0. The molecule has 2 aromatic carbocycles. The summed E-state index contributed by atoms with van der Waals surface area (Å²) in [5.74, 6) is -1.01. The van der Waals surface area contributed by atoms with Gasteiger partial charge in [0.2, 0.25) is 0 Å². The van der Waals surface area contributed by atoms with E-state index < -0.39 is 27.1 Å². The van der Waals surface area contributed by atoms with Gasteiger partial charge in [-0.05, 0) is 18.6 Å². The predicted octanol–water partition coefficient (Wildman–Crippen LogP) is 2.85. The number of aryl methyl sites for hydroxylation is 1. The molecular formula is C14H11N3O6. The van der Waals surface area contributed by atoms with Crippen molar-refractivity contribution >= 4 is 23.0 Å². The summed E-state index contributed by atoms with van der Waals surface area (Å²) < 4.78 is 0. The summed E-state index contributed by atoms with van der Waals surface area (Å²) in [6, 6.07) is 8.91. The van der Waals surface area contributed by atoms with Crippen molar-refractivity contribution in [3.05, 3.63) is 73.8 Å². The van der Waals surface area contributed by atoms with Crippen molar-refractivity contribution in [1.29, 1.82) is 0 Å². The van der Waals surface area contributed by atoms with Gasteiger partial charge in [-0.3, -0.25) is 30.2 Å². The summed E-state index contributed by atoms with van der Waals surface area (Å²) in [7, 11) is 0. The number of hydrogen-bond acceptors (Lipinski definition) is 6. The normalized spacial score (nSPS) is 10.2. The van der Waals surface area contributed by atoms with E-state index in [1.807, 2.05) is 0 Å². The van der Waals surface area contributed by atoms with Crippen molar-refractivity contribution in [2.24, 2.45) is 0 Å². The number of hydrogen-bond donors (Lipinski definition) is 1. The van der Waals surface area contributed by atoms with Crippen molar-refractivity contribution in [1.82, 2.24) is 0 Å². The van der Waals surface area contributed by atoms with Gasteiger partial charge in [-0.2, -0.15) is 5.06 Å². The third kappa shape index (κ3) is 3.30. The Balaban J connectivity index is 2.48. The number of non-ortho nitro benzene ring substituents is 2. The molecule has 0 unspecified atom stereocenters. The van der Waals surface area contributed by atoms with Gasteiger partial charge in [0, 0.05) is 12.1 Å². The number of para-hydroxylation sites is 1. The molecule has 23 heavy (non-hydrogen) atoms. The third-order valence-electron chi connectivity index (χ3n) is 3.11. The molecule has 0 aliphatic rings. The molecule has 0 aromatic heterocycles. The highest BCUT2D eigenvalue weighted by molar-refractivity contribution is 6.05. The molecule has 1 N–H and O–H groups in total. The highest BCUT2D eigenvalue weighted by Gasteiger charge is 2.24. The Morgan fingerprint density at radius 1 is 1.04 bits per heavy atom. The van der Waals surface area contributed by atoms with Crippen LogP contribution >= 0.6 is 0 Å². The predicted molar refractivity (Wildman–Crippen MR) is 79.5 cm³/mol. The van der Waals surface area contributed by atoms with Crippen LogP contribution in [0.25, 0.3) is 0 Å².